The van der Waals surface area contributed by atoms with Crippen molar-refractivity contribution in [3.63, 3.8) is 0 Å². The molecule has 0 radical (unpaired) electrons. The van der Waals surface area contributed by atoms with Crippen LogP contribution in [0.4, 0.5) is 13.2 Å². The van der Waals surface area contributed by atoms with Crippen LogP contribution in [0.5, 0.6) is 5.75 Å². The molecule has 0 saturated carbocycles. The summed E-state index contributed by atoms with van der Waals surface area (Å²) in [5, 5.41) is 0. The van der Waals surface area contributed by atoms with Gasteiger partial charge in [-0.15, -0.1) is 0 Å². The van der Waals surface area contributed by atoms with Crippen molar-refractivity contribution in [2.45, 2.75) is 44.4 Å². The number of nitrogens with zero attached hydrogens (tertiary/aromatic N) is 1. The second-order valence-electron chi connectivity index (χ2n) is 7.55. The lowest BCUT2D eigenvalue weighted by atomic mass is 10.1. The first-order chi connectivity index (χ1) is 13.3. The second-order valence-corrected chi connectivity index (χ2v) is 9.09. The zero-order valence-corrected chi connectivity index (χ0v) is 17.2. The van der Waals surface area contributed by atoms with Gasteiger partial charge >= 0.3 is 21.6 Å². The number of halogens is 3. The highest BCUT2D eigenvalue weighted by Gasteiger charge is 2.48. The zero-order valence-electron chi connectivity index (χ0n) is 16.4. The van der Waals surface area contributed by atoms with Crippen LogP contribution in [0.3, 0.4) is 0 Å². The molecule has 0 bridgehead atoms. The van der Waals surface area contributed by atoms with Crippen LogP contribution >= 0.6 is 0 Å². The SMILES string of the molecule is CC(C)(C)OC(=O)CCN1CCOC(c2ccc(OS(=O)(=O)C(F)(F)F)cc2)C1. The lowest BCUT2D eigenvalue weighted by Crippen LogP contribution is -2.39. The Labute approximate surface area is 167 Å². The molecular formula is C18H24F3NO6S. The number of rotatable bonds is 6. The first-order valence-electron chi connectivity index (χ1n) is 8.93. The predicted molar refractivity (Wildman–Crippen MR) is 97.6 cm³/mol. The van der Waals surface area contributed by atoms with E-state index in [2.05, 4.69) is 4.18 Å². The van der Waals surface area contributed by atoms with E-state index in [-0.39, 0.29) is 18.5 Å². The van der Waals surface area contributed by atoms with E-state index >= 15 is 0 Å². The van der Waals surface area contributed by atoms with Crippen LogP contribution in [0.2, 0.25) is 0 Å². The maximum atomic E-state index is 12.4. The van der Waals surface area contributed by atoms with E-state index in [9.17, 15) is 26.4 Å². The molecule has 1 aliphatic rings. The van der Waals surface area contributed by atoms with Crippen molar-refractivity contribution in [2.24, 2.45) is 0 Å². The number of alkyl halides is 3. The first kappa shape index (κ1) is 23.4. The van der Waals surface area contributed by atoms with Gasteiger partial charge in [0.25, 0.3) is 0 Å². The van der Waals surface area contributed by atoms with E-state index in [1.807, 2.05) is 4.90 Å². The van der Waals surface area contributed by atoms with E-state index in [1.54, 1.807) is 20.8 Å². The Bertz CT molecular complexity index is 802. The van der Waals surface area contributed by atoms with Gasteiger partial charge < -0.3 is 13.7 Å². The third-order valence-corrected chi connectivity index (χ3v) is 4.92. The molecule has 0 amide bonds. The third kappa shape index (κ3) is 7.16. The Hall–Kier alpha value is -1.85. The van der Waals surface area contributed by atoms with Crippen molar-refractivity contribution in [3.8, 4) is 5.75 Å². The summed E-state index contributed by atoms with van der Waals surface area (Å²) in [5.74, 6) is -0.739. The summed E-state index contributed by atoms with van der Waals surface area (Å²) >= 11 is 0. The second kappa shape index (κ2) is 8.88. The highest BCUT2D eigenvalue weighted by Crippen LogP contribution is 2.29. The third-order valence-electron chi connectivity index (χ3n) is 3.94. The minimum absolute atomic E-state index is 0.228. The normalized spacial score (nSPS) is 19.0. The van der Waals surface area contributed by atoms with Crippen LogP contribution in [0.15, 0.2) is 24.3 Å². The molecule has 29 heavy (non-hydrogen) atoms. The Balaban J connectivity index is 1.93. The van der Waals surface area contributed by atoms with Crippen LogP contribution in [-0.4, -0.2) is 56.6 Å². The quantitative estimate of drug-likeness (QED) is 0.383. The average molecular weight is 439 g/mol. The summed E-state index contributed by atoms with van der Waals surface area (Å²) in [6.45, 7) is 7.39. The van der Waals surface area contributed by atoms with Crippen LogP contribution in [-0.2, 0) is 24.4 Å². The molecule has 2 rings (SSSR count). The fraction of sp³-hybridized carbons (Fsp3) is 0.611. The molecule has 1 saturated heterocycles. The molecule has 0 spiro atoms. The molecule has 1 unspecified atom stereocenters. The number of hydrogen-bond acceptors (Lipinski definition) is 7. The van der Waals surface area contributed by atoms with Crippen molar-refractivity contribution in [3.05, 3.63) is 29.8 Å². The molecule has 7 nitrogen and oxygen atoms in total. The molecule has 1 heterocycles. The van der Waals surface area contributed by atoms with Crippen LogP contribution in [0.25, 0.3) is 0 Å². The number of carbonyl (C=O) groups excluding carboxylic acids is 1. The van der Waals surface area contributed by atoms with Crippen molar-refractivity contribution in [1.29, 1.82) is 0 Å². The molecule has 1 atom stereocenters. The monoisotopic (exact) mass is 439 g/mol. The van der Waals surface area contributed by atoms with E-state index in [1.165, 1.54) is 12.1 Å². The van der Waals surface area contributed by atoms with Gasteiger partial charge in [-0.25, -0.2) is 0 Å². The van der Waals surface area contributed by atoms with Crippen LogP contribution < -0.4 is 4.18 Å². The van der Waals surface area contributed by atoms with Gasteiger partial charge in [-0.2, -0.15) is 21.6 Å². The topological polar surface area (TPSA) is 82.1 Å². The van der Waals surface area contributed by atoms with E-state index in [0.29, 0.717) is 31.8 Å². The molecule has 1 aromatic rings. The lowest BCUT2D eigenvalue weighted by molar-refractivity contribution is -0.155. The number of carbonyl (C=O) groups is 1. The number of esters is 1. The molecular weight excluding hydrogens is 415 g/mol. The minimum atomic E-state index is -5.71. The number of morpholine rings is 1. The summed E-state index contributed by atoms with van der Waals surface area (Å²) in [6, 6.07) is 5.18. The summed E-state index contributed by atoms with van der Waals surface area (Å²) in [6.07, 6.45) is -0.137. The fourth-order valence-electron chi connectivity index (χ4n) is 2.66. The van der Waals surface area contributed by atoms with Crippen LogP contribution in [0, 0.1) is 0 Å². The summed E-state index contributed by atoms with van der Waals surface area (Å²) in [4.78, 5) is 13.9. The molecule has 0 N–H and O–H groups in total. The van der Waals surface area contributed by atoms with Gasteiger partial charge in [-0.1, -0.05) is 12.1 Å². The molecule has 11 heteroatoms. The summed E-state index contributed by atoms with van der Waals surface area (Å²) in [5.41, 5.74) is -5.38. The summed E-state index contributed by atoms with van der Waals surface area (Å²) in [7, 11) is -5.71. The molecule has 1 aliphatic heterocycles. The van der Waals surface area contributed by atoms with Crippen LogP contribution in [0.1, 0.15) is 38.9 Å². The van der Waals surface area contributed by atoms with Gasteiger partial charge in [-0.3, -0.25) is 9.69 Å². The maximum absolute atomic E-state index is 12.4. The van der Waals surface area contributed by atoms with Gasteiger partial charge in [0.1, 0.15) is 11.4 Å². The zero-order chi connectivity index (χ0) is 21.9. The predicted octanol–water partition coefficient (Wildman–Crippen LogP) is 3.02. The Morgan fingerprint density at radius 2 is 1.83 bits per heavy atom. The molecule has 1 fully saturated rings. The van der Waals surface area contributed by atoms with E-state index in [4.69, 9.17) is 9.47 Å². The van der Waals surface area contributed by atoms with Gasteiger partial charge in [0, 0.05) is 19.6 Å². The first-order valence-corrected chi connectivity index (χ1v) is 10.3. The van der Waals surface area contributed by atoms with Gasteiger partial charge in [0.2, 0.25) is 0 Å². The Kier molecular flexibility index (Phi) is 7.18. The average Bonchev–Trinajstić information content (AvgIpc) is 2.58. The molecule has 1 aromatic carbocycles. The smallest absolute Gasteiger partial charge is 0.460 e. The maximum Gasteiger partial charge on any atom is 0.534 e. The van der Waals surface area contributed by atoms with Crippen molar-refractivity contribution < 1.29 is 40.0 Å². The summed E-state index contributed by atoms with van der Waals surface area (Å²) < 4.78 is 74.3. The minimum Gasteiger partial charge on any atom is -0.460 e. The number of ether oxygens (including phenoxy) is 2. The van der Waals surface area contributed by atoms with E-state index < -0.39 is 27.0 Å². The lowest BCUT2D eigenvalue weighted by Gasteiger charge is -2.33. The van der Waals surface area contributed by atoms with Gasteiger partial charge in [0.05, 0.1) is 19.1 Å². The Morgan fingerprint density at radius 3 is 2.38 bits per heavy atom. The largest absolute Gasteiger partial charge is 0.534 e. The van der Waals surface area contributed by atoms with Gasteiger partial charge in [0.15, 0.2) is 0 Å². The Morgan fingerprint density at radius 1 is 1.21 bits per heavy atom. The number of benzene rings is 1. The number of hydrogen-bond donors (Lipinski definition) is 0. The van der Waals surface area contributed by atoms with Crippen molar-refractivity contribution in [2.75, 3.05) is 26.2 Å². The molecule has 0 aromatic heterocycles. The highest BCUT2D eigenvalue weighted by molar-refractivity contribution is 7.88. The highest BCUT2D eigenvalue weighted by atomic mass is 32.2. The fourth-order valence-corrected chi connectivity index (χ4v) is 3.12. The standard InChI is InChI=1S/C18H24F3NO6S/c1-17(2,3)27-16(23)8-9-22-10-11-26-15(12-22)13-4-6-14(7-5-13)28-29(24,25)18(19,20)21/h4-7,15H,8-12H2,1-3H3. The van der Waals surface area contributed by atoms with Crippen molar-refractivity contribution >= 4 is 16.1 Å². The van der Waals surface area contributed by atoms with E-state index in [0.717, 1.165) is 12.1 Å². The molecule has 164 valence electrons. The van der Waals surface area contributed by atoms with Gasteiger partial charge in [-0.05, 0) is 38.5 Å². The molecule has 0 aliphatic carbocycles. The van der Waals surface area contributed by atoms with Crippen molar-refractivity contribution in [1.82, 2.24) is 4.90 Å².